The Bertz CT molecular complexity index is 1020. The van der Waals surface area contributed by atoms with E-state index in [4.69, 9.17) is 16.2 Å². The molecule has 0 aromatic heterocycles. The Balaban J connectivity index is 1.92. The minimum atomic E-state index is -0.513. The van der Waals surface area contributed by atoms with E-state index in [0.717, 1.165) is 24.1 Å². The van der Waals surface area contributed by atoms with E-state index in [9.17, 15) is 9.18 Å². The van der Waals surface area contributed by atoms with Gasteiger partial charge in [-0.1, -0.05) is 13.0 Å². The number of carbonyl (C=O) groups is 1. The van der Waals surface area contributed by atoms with Gasteiger partial charge in [0.25, 0.3) is 0 Å². The second-order valence-corrected chi connectivity index (χ2v) is 8.46. The molecule has 0 unspecified atom stereocenters. The molecule has 2 aliphatic rings. The van der Waals surface area contributed by atoms with Crippen LogP contribution in [0.4, 0.5) is 10.1 Å². The largest absolute Gasteiger partial charge is 0.404 e. The number of ether oxygens (including phenoxy) is 1. The van der Waals surface area contributed by atoms with Crippen LogP contribution in [0, 0.1) is 5.82 Å². The van der Waals surface area contributed by atoms with Crippen LogP contribution in [0.3, 0.4) is 0 Å². The molecule has 9 heteroatoms. The van der Waals surface area contributed by atoms with Crippen molar-refractivity contribution in [2.24, 2.45) is 21.5 Å². The molecule has 2 heterocycles. The summed E-state index contributed by atoms with van der Waals surface area (Å²) >= 11 is 0. The Morgan fingerprint density at radius 2 is 2.09 bits per heavy atom. The van der Waals surface area contributed by atoms with Crippen LogP contribution >= 0.6 is 0 Å². The van der Waals surface area contributed by atoms with E-state index in [1.807, 2.05) is 13.8 Å². The summed E-state index contributed by atoms with van der Waals surface area (Å²) in [5, 5.41) is 3.59. The third kappa shape index (κ3) is 6.02. The van der Waals surface area contributed by atoms with Crippen LogP contribution < -0.4 is 16.8 Å². The highest BCUT2D eigenvalue weighted by Crippen LogP contribution is 2.26. The first-order valence-electron chi connectivity index (χ1n) is 11.7. The summed E-state index contributed by atoms with van der Waals surface area (Å²) in [5.74, 6) is -0.253. The van der Waals surface area contributed by atoms with Crippen LogP contribution in [-0.2, 0) is 9.53 Å². The number of nitrogens with one attached hydrogen (secondary N) is 1. The number of nitrogens with zero attached hydrogens (tertiary/aromatic N) is 3. The number of hydrogen-bond acceptors (Lipinski definition) is 6. The number of aliphatic imine (C=N–C) groups is 2. The SMILES string of the molecule is CCC(=O)N1CCC(NC2CCOCC2)=C(C(N)=Nc2ccc(C(=CN)C(C)=NC)cc2F)C1. The van der Waals surface area contributed by atoms with Crippen molar-refractivity contribution in [2.75, 3.05) is 33.4 Å². The Morgan fingerprint density at radius 1 is 1.35 bits per heavy atom. The molecule has 0 radical (unpaired) electrons. The molecule has 3 rings (SSSR count). The van der Waals surface area contributed by atoms with Crippen molar-refractivity contribution >= 4 is 28.7 Å². The fourth-order valence-electron chi connectivity index (χ4n) is 4.19. The highest BCUT2D eigenvalue weighted by atomic mass is 19.1. The number of allylic oxidation sites excluding steroid dienone is 1. The number of amidine groups is 1. The molecule has 2 aliphatic heterocycles. The van der Waals surface area contributed by atoms with Crippen LogP contribution in [0.15, 0.2) is 45.7 Å². The topological polar surface area (TPSA) is 118 Å². The average molecular weight is 471 g/mol. The van der Waals surface area contributed by atoms with Gasteiger partial charge in [0.1, 0.15) is 17.3 Å². The molecule has 1 aromatic carbocycles. The van der Waals surface area contributed by atoms with Crippen LogP contribution in [-0.4, -0.2) is 61.7 Å². The molecule has 0 atom stereocenters. The van der Waals surface area contributed by atoms with Gasteiger partial charge in [0, 0.05) is 74.4 Å². The summed E-state index contributed by atoms with van der Waals surface area (Å²) in [4.78, 5) is 22.7. The van der Waals surface area contributed by atoms with Crippen molar-refractivity contribution < 1.29 is 13.9 Å². The Hall–Kier alpha value is -3.20. The number of benzene rings is 1. The van der Waals surface area contributed by atoms with Crippen molar-refractivity contribution in [2.45, 2.75) is 45.6 Å². The molecule has 0 bridgehead atoms. The summed E-state index contributed by atoms with van der Waals surface area (Å²) in [7, 11) is 1.66. The number of amides is 1. The summed E-state index contributed by atoms with van der Waals surface area (Å²) in [5.41, 5.74) is 15.9. The van der Waals surface area contributed by atoms with E-state index in [0.29, 0.717) is 56.0 Å². The highest BCUT2D eigenvalue weighted by Gasteiger charge is 2.26. The van der Waals surface area contributed by atoms with Crippen LogP contribution in [0.25, 0.3) is 5.57 Å². The number of halogens is 1. The minimum absolute atomic E-state index is 0.0556. The van der Waals surface area contributed by atoms with Gasteiger partial charge in [-0.3, -0.25) is 9.79 Å². The van der Waals surface area contributed by atoms with Gasteiger partial charge in [0.2, 0.25) is 5.91 Å². The zero-order chi connectivity index (χ0) is 24.7. The van der Waals surface area contributed by atoms with Crippen LogP contribution in [0.5, 0.6) is 0 Å². The monoisotopic (exact) mass is 470 g/mol. The van der Waals surface area contributed by atoms with Gasteiger partial charge < -0.3 is 26.4 Å². The number of rotatable bonds is 7. The van der Waals surface area contributed by atoms with E-state index in [1.165, 1.54) is 12.3 Å². The summed E-state index contributed by atoms with van der Waals surface area (Å²) in [6, 6.07) is 4.98. The first-order chi connectivity index (χ1) is 16.4. The van der Waals surface area contributed by atoms with Crippen molar-refractivity contribution in [1.82, 2.24) is 10.2 Å². The minimum Gasteiger partial charge on any atom is -0.404 e. The van der Waals surface area contributed by atoms with Gasteiger partial charge >= 0.3 is 0 Å². The van der Waals surface area contributed by atoms with Crippen LogP contribution in [0.1, 0.15) is 45.1 Å². The maximum absolute atomic E-state index is 15.0. The Labute approximate surface area is 200 Å². The van der Waals surface area contributed by atoms with Gasteiger partial charge in [-0.2, -0.15) is 0 Å². The Kier molecular flexibility index (Phi) is 8.81. The second-order valence-electron chi connectivity index (χ2n) is 8.46. The van der Waals surface area contributed by atoms with Crippen molar-refractivity contribution in [3.63, 3.8) is 0 Å². The van der Waals surface area contributed by atoms with Gasteiger partial charge in [-0.15, -0.1) is 0 Å². The summed E-state index contributed by atoms with van der Waals surface area (Å²) in [6.07, 6.45) is 4.28. The average Bonchev–Trinajstić information content (AvgIpc) is 2.86. The van der Waals surface area contributed by atoms with Crippen LogP contribution in [0.2, 0.25) is 0 Å². The molecular formula is C25H35FN6O2. The zero-order valence-electron chi connectivity index (χ0n) is 20.2. The van der Waals surface area contributed by atoms with Gasteiger partial charge in [0.15, 0.2) is 0 Å². The third-order valence-electron chi connectivity index (χ3n) is 6.30. The number of nitrogens with two attached hydrogens (primary N) is 2. The van der Waals surface area contributed by atoms with Gasteiger partial charge in [0.05, 0.1) is 6.54 Å². The lowest BCUT2D eigenvalue weighted by Gasteiger charge is -2.34. The Morgan fingerprint density at radius 3 is 2.71 bits per heavy atom. The standard InChI is InChI=1S/C25H35FN6O2/c1-4-24(33)32-10-7-22(30-18-8-11-34-12-9-18)20(15-32)25(28)31-23-6-5-17(13-21(23)26)19(14-27)16(2)29-3/h5-6,13-14,18,30H,4,7-12,15,27H2,1-3H3,(H2,28,31). The molecule has 1 aromatic rings. The molecule has 0 aliphatic carbocycles. The summed E-state index contributed by atoms with van der Waals surface area (Å²) < 4.78 is 20.4. The molecule has 0 spiro atoms. The number of hydrogen-bond donors (Lipinski definition) is 3. The molecule has 8 nitrogen and oxygen atoms in total. The number of carbonyl (C=O) groups excluding carboxylic acids is 1. The fourth-order valence-corrected chi connectivity index (χ4v) is 4.19. The predicted octanol–water partition coefficient (Wildman–Crippen LogP) is 2.87. The van der Waals surface area contributed by atoms with Crippen molar-refractivity contribution in [1.29, 1.82) is 0 Å². The lowest BCUT2D eigenvalue weighted by molar-refractivity contribution is -0.130. The summed E-state index contributed by atoms with van der Waals surface area (Å²) in [6.45, 7) is 6.04. The molecule has 5 N–H and O–H groups in total. The smallest absolute Gasteiger partial charge is 0.222 e. The van der Waals surface area contributed by atoms with Gasteiger partial charge in [-0.05, 0) is 37.5 Å². The van der Waals surface area contributed by atoms with E-state index in [2.05, 4.69) is 15.3 Å². The van der Waals surface area contributed by atoms with Crippen molar-refractivity contribution in [3.8, 4) is 0 Å². The second kappa shape index (κ2) is 11.8. The molecule has 34 heavy (non-hydrogen) atoms. The first-order valence-corrected chi connectivity index (χ1v) is 11.7. The van der Waals surface area contributed by atoms with Gasteiger partial charge in [-0.25, -0.2) is 9.38 Å². The fraction of sp³-hybridized carbons (Fsp3) is 0.480. The maximum Gasteiger partial charge on any atom is 0.222 e. The van der Waals surface area contributed by atoms with Crippen molar-refractivity contribution in [3.05, 3.63) is 47.0 Å². The third-order valence-corrected chi connectivity index (χ3v) is 6.30. The van der Waals surface area contributed by atoms with E-state index < -0.39 is 5.82 Å². The predicted molar refractivity (Wildman–Crippen MR) is 134 cm³/mol. The maximum atomic E-state index is 15.0. The molecule has 184 valence electrons. The van der Waals surface area contributed by atoms with E-state index in [1.54, 1.807) is 24.1 Å². The molecule has 0 saturated carbocycles. The zero-order valence-corrected chi connectivity index (χ0v) is 20.2. The molecular weight excluding hydrogens is 435 g/mol. The highest BCUT2D eigenvalue weighted by molar-refractivity contribution is 6.22. The van der Waals surface area contributed by atoms with E-state index in [-0.39, 0.29) is 23.5 Å². The first kappa shape index (κ1) is 25.4. The lowest BCUT2D eigenvalue weighted by atomic mass is 10.0. The van der Waals surface area contributed by atoms with E-state index >= 15 is 0 Å². The quantitative estimate of drug-likeness (QED) is 0.418. The molecule has 1 amide bonds. The molecule has 1 saturated heterocycles. The molecule has 1 fully saturated rings. The normalized spacial score (nSPS) is 18.9. The lowest BCUT2D eigenvalue weighted by Crippen LogP contribution is -2.44.